The molecular weight excluding hydrogens is 771 g/mol. The first-order valence-electron chi connectivity index (χ1n) is 20.1. The number of hydrogen-bond donors (Lipinski definition) is 0. The Labute approximate surface area is 357 Å². The van der Waals surface area contributed by atoms with E-state index >= 15 is 0 Å². The Morgan fingerprint density at radius 1 is 0.377 bits per heavy atom. The highest BCUT2D eigenvalue weighted by molar-refractivity contribution is 5.88. The molecule has 0 aliphatic rings. The molecule has 0 spiro atoms. The Kier molecular flexibility index (Phi) is 15.9. The molecule has 0 N–H and O–H groups in total. The van der Waals surface area contributed by atoms with Crippen LogP contribution >= 0.6 is 0 Å². The summed E-state index contributed by atoms with van der Waals surface area (Å²) < 4.78 is 15.0. The van der Waals surface area contributed by atoms with Gasteiger partial charge in [-0.05, 0) is 53.1 Å². The molecule has 3 heterocycles. The van der Waals surface area contributed by atoms with Crippen molar-refractivity contribution in [1.29, 1.82) is 0 Å². The molecule has 6 rings (SSSR count). The van der Waals surface area contributed by atoms with Crippen molar-refractivity contribution in [2.75, 3.05) is 75.3 Å². The molecule has 3 aromatic heterocycles. The van der Waals surface area contributed by atoms with Gasteiger partial charge in [0.1, 0.15) is 17.5 Å². The number of nitrogens with zero attached hydrogens (tertiary/aromatic N) is 7. The number of esters is 3. The summed E-state index contributed by atoms with van der Waals surface area (Å²) in [5.74, 6) is 0.432. The zero-order valence-corrected chi connectivity index (χ0v) is 34.8. The smallest absolute Gasteiger partial charge is 0.356 e. The summed E-state index contributed by atoms with van der Waals surface area (Å²) in [6, 6.07) is 46.6. The number of pyridine rings is 3. The molecule has 0 atom stereocenters. The highest BCUT2D eigenvalue weighted by atomic mass is 16.5. The maximum absolute atomic E-state index is 12.6. The van der Waals surface area contributed by atoms with Crippen LogP contribution in [-0.2, 0) is 33.8 Å². The van der Waals surface area contributed by atoms with Crippen molar-refractivity contribution >= 4 is 35.4 Å². The number of ether oxygens (including phenoxy) is 3. The number of carbonyl (C=O) groups is 3. The first-order chi connectivity index (χ1) is 29.8. The summed E-state index contributed by atoms with van der Waals surface area (Å²) in [6.45, 7) is 5.20. The van der Waals surface area contributed by atoms with E-state index < -0.39 is 17.9 Å². The number of carbonyl (C=O) groups excluding carboxylic acids is 3. The Hall–Kier alpha value is -7.12. The summed E-state index contributed by atoms with van der Waals surface area (Å²) in [7, 11) is 4.04. The maximum atomic E-state index is 12.6. The molecule has 0 amide bonds. The Morgan fingerprint density at radius 2 is 0.656 bits per heavy atom. The summed E-state index contributed by atoms with van der Waals surface area (Å²) in [5, 5.41) is 0. The molecule has 13 heteroatoms. The highest BCUT2D eigenvalue weighted by Crippen LogP contribution is 2.20. The van der Waals surface area contributed by atoms with Gasteiger partial charge in [-0.3, -0.25) is 4.90 Å². The largest absolute Gasteiger partial charge is 0.464 e. The predicted molar refractivity (Wildman–Crippen MR) is 236 cm³/mol. The van der Waals surface area contributed by atoms with Crippen LogP contribution in [0.25, 0.3) is 0 Å². The van der Waals surface area contributed by atoms with Crippen LogP contribution in [0.2, 0.25) is 0 Å². The molecule has 0 unspecified atom stereocenters. The third-order valence-electron chi connectivity index (χ3n) is 10.1. The summed E-state index contributed by atoms with van der Waals surface area (Å²) in [6.07, 6.45) is 0. The van der Waals surface area contributed by atoms with Crippen LogP contribution in [0.1, 0.15) is 48.2 Å². The van der Waals surface area contributed by atoms with E-state index in [2.05, 4.69) is 56.0 Å². The van der Waals surface area contributed by atoms with Gasteiger partial charge in [0.15, 0.2) is 17.1 Å². The van der Waals surface area contributed by atoms with Crippen molar-refractivity contribution in [2.45, 2.75) is 19.6 Å². The van der Waals surface area contributed by atoms with Gasteiger partial charge in [-0.25, -0.2) is 29.3 Å². The SMILES string of the molecule is COC(=O)c1cccc(N(CCN(CCN(Cc2ccccc2)c2cccc(C(=O)OC)n2)CCN(Cc2ccccc2)c2cccc(C(=O)OC)n2)Cc2ccccc2)n1. The lowest BCUT2D eigenvalue weighted by molar-refractivity contribution is 0.0585. The van der Waals surface area contributed by atoms with Gasteiger partial charge < -0.3 is 28.9 Å². The van der Waals surface area contributed by atoms with Crippen LogP contribution in [0.3, 0.4) is 0 Å². The van der Waals surface area contributed by atoms with E-state index in [1.807, 2.05) is 91.0 Å². The lowest BCUT2D eigenvalue weighted by Gasteiger charge is -2.33. The standard InChI is InChI=1S/C48H51N7O6/c1-59-46(56)40-22-13-25-43(49-40)53(34-37-16-7-4-8-17-37)31-28-52(29-32-54(35-38-18-9-5-10-19-38)44-26-14-23-41(50-44)47(57)60-2)30-33-55(36-39-20-11-6-12-21-39)45-27-15-24-42(51-45)48(58)61-3/h4-27H,28-36H2,1-3H3. The lowest BCUT2D eigenvalue weighted by Crippen LogP contribution is -2.43. The second kappa shape index (κ2) is 22.3. The molecule has 0 fully saturated rings. The maximum Gasteiger partial charge on any atom is 0.356 e. The highest BCUT2D eigenvalue weighted by Gasteiger charge is 2.20. The van der Waals surface area contributed by atoms with Crippen LogP contribution in [0.15, 0.2) is 146 Å². The molecule has 0 bridgehead atoms. The van der Waals surface area contributed by atoms with Crippen LogP contribution in [0.4, 0.5) is 17.5 Å². The van der Waals surface area contributed by atoms with Crippen LogP contribution in [0.5, 0.6) is 0 Å². The van der Waals surface area contributed by atoms with Crippen LogP contribution in [0, 0.1) is 0 Å². The summed E-state index contributed by atoms with van der Waals surface area (Å²) in [4.78, 5) is 60.8. The topological polar surface area (TPSA) is 131 Å². The monoisotopic (exact) mass is 821 g/mol. The van der Waals surface area contributed by atoms with Gasteiger partial charge in [-0.2, -0.15) is 0 Å². The molecule has 13 nitrogen and oxygen atoms in total. The molecular formula is C48H51N7O6. The first kappa shape index (κ1) is 43.5. The average Bonchev–Trinajstić information content (AvgIpc) is 3.32. The number of benzene rings is 3. The third-order valence-corrected chi connectivity index (χ3v) is 10.1. The van der Waals surface area contributed by atoms with Crippen LogP contribution < -0.4 is 14.7 Å². The molecule has 314 valence electrons. The fourth-order valence-corrected chi connectivity index (χ4v) is 6.81. The number of hydrogen-bond acceptors (Lipinski definition) is 13. The van der Waals surface area contributed by atoms with E-state index in [1.165, 1.54) is 21.3 Å². The normalized spacial score (nSPS) is 10.8. The van der Waals surface area contributed by atoms with Gasteiger partial charge in [-0.15, -0.1) is 0 Å². The van der Waals surface area contributed by atoms with Crippen molar-refractivity contribution < 1.29 is 28.6 Å². The van der Waals surface area contributed by atoms with E-state index in [0.717, 1.165) is 16.7 Å². The molecule has 61 heavy (non-hydrogen) atoms. The first-order valence-corrected chi connectivity index (χ1v) is 20.1. The van der Waals surface area contributed by atoms with Crippen molar-refractivity contribution in [1.82, 2.24) is 19.9 Å². The predicted octanol–water partition coefficient (Wildman–Crippen LogP) is 6.95. The number of methoxy groups -OCH3 is 3. The molecule has 0 radical (unpaired) electrons. The number of anilines is 3. The van der Waals surface area contributed by atoms with E-state index in [-0.39, 0.29) is 17.1 Å². The lowest BCUT2D eigenvalue weighted by atomic mass is 10.2. The fraction of sp³-hybridized carbons (Fsp3) is 0.250. The third kappa shape index (κ3) is 12.7. The Bertz CT molecular complexity index is 2060. The van der Waals surface area contributed by atoms with Crippen molar-refractivity contribution in [3.05, 3.63) is 179 Å². The van der Waals surface area contributed by atoms with Gasteiger partial charge in [0.25, 0.3) is 0 Å². The van der Waals surface area contributed by atoms with Gasteiger partial charge in [0, 0.05) is 58.9 Å². The summed E-state index contributed by atoms with van der Waals surface area (Å²) >= 11 is 0. The van der Waals surface area contributed by atoms with E-state index in [9.17, 15) is 14.4 Å². The second-order valence-corrected chi connectivity index (χ2v) is 14.2. The second-order valence-electron chi connectivity index (χ2n) is 14.2. The fourth-order valence-electron chi connectivity index (χ4n) is 6.81. The molecule has 3 aromatic carbocycles. The quantitative estimate of drug-likeness (QED) is 0.0549. The van der Waals surface area contributed by atoms with Gasteiger partial charge in [0.05, 0.1) is 21.3 Å². The van der Waals surface area contributed by atoms with Crippen molar-refractivity contribution in [3.8, 4) is 0 Å². The molecule has 6 aromatic rings. The van der Waals surface area contributed by atoms with Crippen LogP contribution in [-0.4, -0.2) is 98.4 Å². The van der Waals surface area contributed by atoms with Gasteiger partial charge >= 0.3 is 17.9 Å². The van der Waals surface area contributed by atoms with Crippen molar-refractivity contribution in [2.24, 2.45) is 0 Å². The summed E-state index contributed by atoms with van der Waals surface area (Å²) in [5.41, 5.74) is 3.96. The zero-order valence-electron chi connectivity index (χ0n) is 34.8. The molecule has 0 saturated heterocycles. The number of aromatic nitrogens is 3. The van der Waals surface area contributed by atoms with E-state index in [1.54, 1.807) is 18.2 Å². The van der Waals surface area contributed by atoms with Gasteiger partial charge in [-0.1, -0.05) is 109 Å². The minimum absolute atomic E-state index is 0.228. The Balaban J connectivity index is 1.33. The number of rotatable bonds is 21. The molecule has 0 saturated carbocycles. The minimum atomic E-state index is -0.505. The zero-order chi connectivity index (χ0) is 42.8. The minimum Gasteiger partial charge on any atom is -0.464 e. The Morgan fingerprint density at radius 3 is 0.918 bits per heavy atom. The average molecular weight is 822 g/mol. The van der Waals surface area contributed by atoms with E-state index in [0.29, 0.717) is 76.4 Å². The molecule has 0 aliphatic carbocycles. The van der Waals surface area contributed by atoms with Gasteiger partial charge in [0.2, 0.25) is 0 Å². The molecule has 0 aliphatic heterocycles. The van der Waals surface area contributed by atoms with Crippen molar-refractivity contribution in [3.63, 3.8) is 0 Å². The van der Waals surface area contributed by atoms with E-state index in [4.69, 9.17) is 29.2 Å².